The number of nitrogens with one attached hydrogen (secondary N) is 2. The molecule has 9 heteroatoms. The van der Waals surface area contributed by atoms with Crippen LogP contribution in [0.3, 0.4) is 0 Å². The highest BCUT2D eigenvalue weighted by Gasteiger charge is 2.22. The fraction of sp³-hybridized carbons (Fsp3) is 0.429. The highest BCUT2D eigenvalue weighted by Crippen LogP contribution is 2.30. The van der Waals surface area contributed by atoms with Crippen molar-refractivity contribution in [3.05, 3.63) is 55.3 Å². The Morgan fingerprint density at radius 3 is 2.70 bits per heavy atom. The molecule has 0 bridgehead atoms. The molecule has 0 atom stereocenters. The lowest BCUT2D eigenvalue weighted by Crippen LogP contribution is -2.35. The molecule has 0 spiro atoms. The van der Waals surface area contributed by atoms with E-state index in [9.17, 15) is 14.4 Å². The van der Waals surface area contributed by atoms with Gasteiger partial charge >= 0.3 is 5.69 Å². The number of anilines is 1. The number of pyridine rings is 1. The highest BCUT2D eigenvalue weighted by atomic mass is 32.1. The Balaban J connectivity index is 1.43. The molecule has 0 radical (unpaired) electrons. The minimum absolute atomic E-state index is 0.178. The molecule has 8 nitrogen and oxygen atoms in total. The summed E-state index contributed by atoms with van der Waals surface area (Å²) < 4.78 is 1.73. The molecule has 3 aromatic heterocycles. The first kappa shape index (κ1) is 20.3. The van der Waals surface area contributed by atoms with Gasteiger partial charge in [0, 0.05) is 32.1 Å². The Morgan fingerprint density at radius 1 is 1.30 bits per heavy atom. The number of fused-ring (bicyclic) bond motifs is 1. The summed E-state index contributed by atoms with van der Waals surface area (Å²) in [5, 5.41) is 2.60. The van der Waals surface area contributed by atoms with E-state index in [0.29, 0.717) is 21.8 Å². The van der Waals surface area contributed by atoms with Gasteiger partial charge in [0.2, 0.25) is 0 Å². The molecular formula is C21H25N5O3S. The molecule has 4 heterocycles. The van der Waals surface area contributed by atoms with Crippen molar-refractivity contribution in [1.82, 2.24) is 19.9 Å². The third kappa shape index (κ3) is 3.77. The van der Waals surface area contributed by atoms with Gasteiger partial charge in [0.25, 0.3) is 11.5 Å². The van der Waals surface area contributed by atoms with Gasteiger partial charge in [0.15, 0.2) is 0 Å². The highest BCUT2D eigenvalue weighted by molar-refractivity contribution is 7.18. The second-order valence-electron chi connectivity index (χ2n) is 7.76. The van der Waals surface area contributed by atoms with Crippen LogP contribution in [0.15, 0.2) is 27.8 Å². The van der Waals surface area contributed by atoms with Crippen LogP contribution < -0.4 is 21.5 Å². The van der Waals surface area contributed by atoms with Crippen molar-refractivity contribution in [2.24, 2.45) is 13.0 Å². The minimum Gasteiger partial charge on any atom is -0.370 e. The van der Waals surface area contributed by atoms with E-state index in [0.717, 1.165) is 53.2 Å². The molecule has 4 rings (SSSR count). The maximum Gasteiger partial charge on any atom is 0.328 e. The number of rotatable bonds is 4. The van der Waals surface area contributed by atoms with Crippen molar-refractivity contribution in [2.45, 2.75) is 26.2 Å². The van der Waals surface area contributed by atoms with Crippen LogP contribution in [0.1, 0.15) is 33.9 Å². The second-order valence-corrected chi connectivity index (χ2v) is 8.90. The molecule has 0 aromatic carbocycles. The molecule has 0 aliphatic carbocycles. The number of hydrogen-bond donors (Lipinski definition) is 2. The number of thiophene rings is 1. The Bertz CT molecular complexity index is 1220. The summed E-state index contributed by atoms with van der Waals surface area (Å²) in [5.74, 6) is 0.353. The van der Waals surface area contributed by atoms with E-state index in [1.165, 1.54) is 18.4 Å². The summed E-state index contributed by atoms with van der Waals surface area (Å²) in [4.78, 5) is 46.5. The topological polar surface area (TPSA) is 100 Å². The van der Waals surface area contributed by atoms with Crippen molar-refractivity contribution >= 4 is 33.1 Å². The molecule has 158 valence electrons. The van der Waals surface area contributed by atoms with Gasteiger partial charge in [-0.2, -0.15) is 0 Å². The number of nitrogens with zero attached hydrogens (tertiary/aromatic N) is 3. The minimum atomic E-state index is -0.378. The number of aryl methyl sites for hydroxylation is 1. The van der Waals surface area contributed by atoms with Crippen LogP contribution in [0.25, 0.3) is 10.2 Å². The summed E-state index contributed by atoms with van der Waals surface area (Å²) in [6, 6.07) is 5.69. The summed E-state index contributed by atoms with van der Waals surface area (Å²) in [6.45, 7) is 3.79. The summed E-state index contributed by atoms with van der Waals surface area (Å²) in [6.07, 6.45) is 2.99. The van der Waals surface area contributed by atoms with Crippen LogP contribution in [0, 0.1) is 12.8 Å². The van der Waals surface area contributed by atoms with Crippen molar-refractivity contribution in [1.29, 1.82) is 0 Å². The number of carbonyl (C=O) groups excluding carboxylic acids is 1. The van der Waals surface area contributed by atoms with Crippen LogP contribution in [0.4, 0.5) is 5.69 Å². The predicted octanol–water partition coefficient (Wildman–Crippen LogP) is 1.81. The van der Waals surface area contributed by atoms with Crippen LogP contribution in [-0.4, -0.2) is 40.6 Å². The van der Waals surface area contributed by atoms with Crippen molar-refractivity contribution < 1.29 is 4.79 Å². The summed E-state index contributed by atoms with van der Waals surface area (Å²) in [5.41, 5.74) is 2.39. The quantitative estimate of drug-likeness (QED) is 0.662. The zero-order valence-electron chi connectivity index (χ0n) is 17.3. The van der Waals surface area contributed by atoms with E-state index in [1.54, 1.807) is 13.1 Å². The van der Waals surface area contributed by atoms with Crippen molar-refractivity contribution in [3.63, 3.8) is 0 Å². The Hall–Kier alpha value is -2.94. The van der Waals surface area contributed by atoms with E-state index in [2.05, 4.69) is 20.2 Å². The van der Waals surface area contributed by atoms with Gasteiger partial charge in [-0.1, -0.05) is 0 Å². The standard InChI is InChI=1S/C21H25N5O3S/c1-12-17(5-4-15(23-12)19(27)22-2)26-8-6-13(7-9-26)10-14-11-16-18(30-14)20(28)25(3)21(29)24-16/h4-5,11,13H,6-10H2,1-3H3,(H,22,27)(H,24,29). The summed E-state index contributed by atoms with van der Waals surface area (Å²) >= 11 is 1.48. The molecule has 0 unspecified atom stereocenters. The predicted molar refractivity (Wildman–Crippen MR) is 119 cm³/mol. The lowest BCUT2D eigenvalue weighted by atomic mass is 9.92. The SMILES string of the molecule is CNC(=O)c1ccc(N2CCC(Cc3cc4[nH]c(=O)n(C)c(=O)c4s3)CC2)c(C)n1. The second kappa shape index (κ2) is 8.06. The summed E-state index contributed by atoms with van der Waals surface area (Å²) in [7, 11) is 3.10. The molecule has 1 aliphatic rings. The van der Waals surface area contributed by atoms with Crippen LogP contribution >= 0.6 is 11.3 Å². The monoisotopic (exact) mass is 427 g/mol. The largest absolute Gasteiger partial charge is 0.370 e. The van der Waals surface area contributed by atoms with Crippen LogP contribution in [0.2, 0.25) is 0 Å². The number of aromatic amines is 1. The number of hydrogen-bond acceptors (Lipinski definition) is 6. The number of aromatic nitrogens is 3. The zero-order valence-corrected chi connectivity index (χ0v) is 18.1. The number of amides is 1. The van der Waals surface area contributed by atoms with Crippen molar-refractivity contribution in [3.8, 4) is 0 Å². The van der Waals surface area contributed by atoms with Gasteiger partial charge in [-0.15, -0.1) is 11.3 Å². The van der Waals surface area contributed by atoms with Crippen LogP contribution in [-0.2, 0) is 13.5 Å². The molecule has 0 saturated carbocycles. The van der Waals surface area contributed by atoms with E-state index >= 15 is 0 Å². The molecule has 1 amide bonds. The lowest BCUT2D eigenvalue weighted by molar-refractivity contribution is 0.0958. The first-order chi connectivity index (χ1) is 14.4. The fourth-order valence-corrected chi connectivity index (χ4v) is 5.25. The normalized spacial score (nSPS) is 15.0. The average Bonchev–Trinajstić information content (AvgIpc) is 3.14. The number of H-pyrrole nitrogens is 1. The molecule has 1 fully saturated rings. The van der Waals surface area contributed by atoms with Gasteiger partial charge in [0.1, 0.15) is 10.4 Å². The molecule has 2 N–H and O–H groups in total. The third-order valence-electron chi connectivity index (χ3n) is 5.79. The maximum atomic E-state index is 12.3. The Morgan fingerprint density at radius 2 is 2.03 bits per heavy atom. The molecule has 1 aliphatic heterocycles. The molecule has 1 saturated heterocycles. The van der Waals surface area contributed by atoms with Gasteiger partial charge in [-0.05, 0) is 50.3 Å². The van der Waals surface area contributed by atoms with E-state index in [4.69, 9.17) is 0 Å². The molecule has 3 aromatic rings. The number of carbonyl (C=O) groups is 1. The Kier molecular flexibility index (Phi) is 5.46. The third-order valence-corrected chi connectivity index (χ3v) is 6.94. The Labute approximate surface area is 177 Å². The number of piperidine rings is 1. The first-order valence-corrected chi connectivity index (χ1v) is 10.9. The zero-order chi connectivity index (χ0) is 21.4. The first-order valence-electron chi connectivity index (χ1n) is 10.0. The van der Waals surface area contributed by atoms with Gasteiger partial charge in [-0.25, -0.2) is 9.78 Å². The smallest absolute Gasteiger partial charge is 0.328 e. The molecular weight excluding hydrogens is 402 g/mol. The average molecular weight is 428 g/mol. The fourth-order valence-electron chi connectivity index (χ4n) is 4.04. The van der Waals surface area contributed by atoms with Crippen LogP contribution in [0.5, 0.6) is 0 Å². The van der Waals surface area contributed by atoms with E-state index < -0.39 is 0 Å². The molecule has 30 heavy (non-hydrogen) atoms. The van der Waals surface area contributed by atoms with Gasteiger partial charge in [-0.3, -0.25) is 14.2 Å². The van der Waals surface area contributed by atoms with Gasteiger partial charge < -0.3 is 15.2 Å². The van der Waals surface area contributed by atoms with E-state index in [1.807, 2.05) is 19.1 Å². The van der Waals surface area contributed by atoms with Crippen molar-refractivity contribution in [2.75, 3.05) is 25.0 Å². The maximum absolute atomic E-state index is 12.3. The van der Waals surface area contributed by atoms with E-state index in [-0.39, 0.29) is 17.2 Å². The van der Waals surface area contributed by atoms with Gasteiger partial charge in [0.05, 0.1) is 16.9 Å². The lowest BCUT2D eigenvalue weighted by Gasteiger charge is -2.34.